The first-order valence-corrected chi connectivity index (χ1v) is 8.07. The summed E-state index contributed by atoms with van der Waals surface area (Å²) >= 11 is 0. The van der Waals surface area contributed by atoms with Crippen LogP contribution in [0.5, 0.6) is 11.5 Å². The van der Waals surface area contributed by atoms with E-state index < -0.39 is 5.97 Å². The first kappa shape index (κ1) is 18.3. The van der Waals surface area contributed by atoms with Crippen molar-refractivity contribution < 1.29 is 19.4 Å². The number of benzene rings is 2. The van der Waals surface area contributed by atoms with Crippen LogP contribution in [0.2, 0.25) is 0 Å². The third-order valence-electron chi connectivity index (χ3n) is 3.46. The van der Waals surface area contributed by atoms with E-state index in [-0.39, 0.29) is 5.56 Å². The van der Waals surface area contributed by atoms with E-state index in [0.29, 0.717) is 23.8 Å². The van der Waals surface area contributed by atoms with Crippen LogP contribution >= 0.6 is 0 Å². The van der Waals surface area contributed by atoms with E-state index in [1.165, 1.54) is 12.1 Å². The van der Waals surface area contributed by atoms with Crippen molar-refractivity contribution in [3.63, 3.8) is 0 Å². The topological polar surface area (TPSA) is 80.2 Å². The Morgan fingerprint density at radius 3 is 2.80 bits per heavy atom. The van der Waals surface area contributed by atoms with E-state index in [1.54, 1.807) is 25.5 Å². The van der Waals surface area contributed by atoms with Gasteiger partial charge < -0.3 is 14.6 Å². The average molecular weight is 342 g/mol. The maximum Gasteiger partial charge on any atom is 0.335 e. The van der Waals surface area contributed by atoms with Gasteiger partial charge in [0.25, 0.3) is 0 Å². The lowest BCUT2D eigenvalue weighted by molar-refractivity contribution is 0.0697. The van der Waals surface area contributed by atoms with E-state index in [4.69, 9.17) is 14.6 Å². The number of hydrogen-bond acceptors (Lipinski definition) is 5. The number of carboxylic acids is 1. The van der Waals surface area contributed by atoms with E-state index in [9.17, 15) is 4.79 Å². The highest BCUT2D eigenvalue weighted by atomic mass is 16.5. The average Bonchev–Trinajstić information content (AvgIpc) is 2.63. The van der Waals surface area contributed by atoms with Crippen LogP contribution in [0.15, 0.2) is 47.6 Å². The fraction of sp³-hybridized carbons (Fsp3) is 0.263. The molecule has 0 saturated heterocycles. The first-order chi connectivity index (χ1) is 12.1. The zero-order valence-electron chi connectivity index (χ0n) is 14.4. The number of rotatable bonds is 9. The number of hydrazone groups is 1. The minimum absolute atomic E-state index is 0.204. The minimum atomic E-state index is -0.976. The normalized spacial score (nSPS) is 10.6. The van der Waals surface area contributed by atoms with Gasteiger partial charge in [0, 0.05) is 0 Å². The molecule has 0 bridgehead atoms. The van der Waals surface area contributed by atoms with Crippen molar-refractivity contribution in [2.45, 2.75) is 19.8 Å². The molecule has 132 valence electrons. The summed E-state index contributed by atoms with van der Waals surface area (Å²) in [7, 11) is 1.60. The lowest BCUT2D eigenvalue weighted by atomic mass is 10.2. The van der Waals surface area contributed by atoms with Crippen LogP contribution in [0, 0.1) is 0 Å². The highest BCUT2D eigenvalue weighted by Crippen LogP contribution is 2.27. The van der Waals surface area contributed by atoms with Crippen LogP contribution in [-0.2, 0) is 0 Å². The molecule has 0 aliphatic rings. The molecule has 2 rings (SSSR count). The Hall–Kier alpha value is -3.02. The summed E-state index contributed by atoms with van der Waals surface area (Å²) in [5.74, 6) is 0.374. The molecule has 25 heavy (non-hydrogen) atoms. The van der Waals surface area contributed by atoms with Crippen molar-refractivity contribution in [3.05, 3.63) is 53.6 Å². The van der Waals surface area contributed by atoms with Gasteiger partial charge in [-0.1, -0.05) is 19.4 Å². The van der Waals surface area contributed by atoms with Crippen molar-refractivity contribution in [2.75, 3.05) is 19.1 Å². The molecule has 0 radical (unpaired) electrons. The highest BCUT2D eigenvalue weighted by Gasteiger charge is 2.05. The second kappa shape index (κ2) is 9.32. The molecule has 0 aliphatic carbocycles. The highest BCUT2D eigenvalue weighted by molar-refractivity contribution is 5.89. The number of anilines is 1. The molecule has 0 heterocycles. The third-order valence-corrected chi connectivity index (χ3v) is 3.46. The number of ether oxygens (including phenoxy) is 2. The molecule has 2 N–H and O–H groups in total. The van der Waals surface area contributed by atoms with Gasteiger partial charge in [-0.15, -0.1) is 0 Å². The number of nitrogens with one attached hydrogen (secondary N) is 1. The monoisotopic (exact) mass is 342 g/mol. The summed E-state index contributed by atoms with van der Waals surface area (Å²) in [5, 5.41) is 13.1. The van der Waals surface area contributed by atoms with E-state index in [2.05, 4.69) is 17.5 Å². The molecule has 0 atom stereocenters. The largest absolute Gasteiger partial charge is 0.493 e. The summed E-state index contributed by atoms with van der Waals surface area (Å²) in [6, 6.07) is 12.0. The summed E-state index contributed by atoms with van der Waals surface area (Å²) in [6.45, 7) is 2.76. The lowest BCUT2D eigenvalue weighted by Gasteiger charge is -2.10. The predicted octanol–water partition coefficient (Wildman–Crippen LogP) is 4.02. The maximum absolute atomic E-state index is 11.0. The Labute approximate surface area is 147 Å². The van der Waals surface area contributed by atoms with Gasteiger partial charge in [0.05, 0.1) is 31.2 Å². The number of carboxylic acid groups (broad SMARTS) is 1. The SMILES string of the molecule is CCCCOc1ccc(/C=N/Nc2cccc(C(=O)O)c2)cc1OC. The van der Waals surface area contributed by atoms with Gasteiger partial charge in [-0.2, -0.15) is 5.10 Å². The number of methoxy groups -OCH3 is 1. The Morgan fingerprint density at radius 2 is 2.08 bits per heavy atom. The molecule has 0 saturated carbocycles. The van der Waals surface area contributed by atoms with Gasteiger partial charge in [0.15, 0.2) is 11.5 Å². The van der Waals surface area contributed by atoms with Crippen molar-refractivity contribution in [2.24, 2.45) is 5.10 Å². The smallest absolute Gasteiger partial charge is 0.335 e. The molecular formula is C19H22N2O4. The number of aromatic carboxylic acids is 1. The minimum Gasteiger partial charge on any atom is -0.493 e. The zero-order chi connectivity index (χ0) is 18.1. The van der Waals surface area contributed by atoms with Crippen molar-refractivity contribution >= 4 is 17.9 Å². The number of hydrogen-bond donors (Lipinski definition) is 2. The van der Waals surface area contributed by atoms with Gasteiger partial charge in [-0.25, -0.2) is 4.79 Å². The quantitative estimate of drug-likeness (QED) is 0.409. The van der Waals surface area contributed by atoms with E-state index >= 15 is 0 Å². The van der Waals surface area contributed by atoms with Crippen molar-refractivity contribution in [1.29, 1.82) is 0 Å². The molecule has 0 fully saturated rings. The molecule has 6 nitrogen and oxygen atoms in total. The second-order valence-corrected chi connectivity index (χ2v) is 5.37. The van der Waals surface area contributed by atoms with Crippen LogP contribution < -0.4 is 14.9 Å². The van der Waals surface area contributed by atoms with Crippen LogP contribution in [0.4, 0.5) is 5.69 Å². The van der Waals surface area contributed by atoms with Gasteiger partial charge in [-0.3, -0.25) is 5.43 Å². The number of carbonyl (C=O) groups is 1. The third kappa shape index (κ3) is 5.53. The number of nitrogens with zero attached hydrogens (tertiary/aromatic N) is 1. The Bertz CT molecular complexity index is 744. The molecule has 0 amide bonds. The summed E-state index contributed by atoms with van der Waals surface area (Å²) in [5.41, 5.74) is 4.46. The van der Waals surface area contributed by atoms with Gasteiger partial charge in [0.2, 0.25) is 0 Å². The Balaban J connectivity index is 2.03. The fourth-order valence-corrected chi connectivity index (χ4v) is 2.11. The van der Waals surface area contributed by atoms with Crippen molar-refractivity contribution in [3.8, 4) is 11.5 Å². The fourth-order valence-electron chi connectivity index (χ4n) is 2.11. The van der Waals surface area contributed by atoms with Gasteiger partial charge in [-0.05, 0) is 48.4 Å². The van der Waals surface area contributed by atoms with Crippen LogP contribution in [0.25, 0.3) is 0 Å². The molecule has 0 aromatic heterocycles. The van der Waals surface area contributed by atoms with Gasteiger partial charge in [0.1, 0.15) is 0 Å². The van der Waals surface area contributed by atoms with Crippen LogP contribution in [0.3, 0.4) is 0 Å². The lowest BCUT2D eigenvalue weighted by Crippen LogP contribution is -2.00. The maximum atomic E-state index is 11.0. The molecular weight excluding hydrogens is 320 g/mol. The first-order valence-electron chi connectivity index (χ1n) is 8.07. The molecule has 2 aromatic carbocycles. The predicted molar refractivity (Wildman–Crippen MR) is 98.0 cm³/mol. The van der Waals surface area contributed by atoms with E-state index in [0.717, 1.165) is 18.4 Å². The summed E-state index contributed by atoms with van der Waals surface area (Å²) in [6.07, 6.45) is 3.69. The molecule has 2 aromatic rings. The molecule has 6 heteroatoms. The molecule has 0 spiro atoms. The Morgan fingerprint density at radius 1 is 1.24 bits per heavy atom. The second-order valence-electron chi connectivity index (χ2n) is 5.37. The molecule has 0 aliphatic heterocycles. The Kier molecular flexibility index (Phi) is 6.83. The molecule has 0 unspecified atom stereocenters. The van der Waals surface area contributed by atoms with Crippen molar-refractivity contribution in [1.82, 2.24) is 0 Å². The standard InChI is InChI=1S/C19H22N2O4/c1-3-4-10-25-17-9-8-14(11-18(17)24-2)13-20-21-16-7-5-6-15(12-16)19(22)23/h5-9,11-13,21H,3-4,10H2,1-2H3,(H,22,23)/b20-13+. The van der Waals surface area contributed by atoms with Gasteiger partial charge >= 0.3 is 5.97 Å². The zero-order valence-corrected chi connectivity index (χ0v) is 14.4. The summed E-state index contributed by atoms with van der Waals surface area (Å²) < 4.78 is 11.0. The van der Waals surface area contributed by atoms with Crippen LogP contribution in [0.1, 0.15) is 35.7 Å². The van der Waals surface area contributed by atoms with Crippen LogP contribution in [-0.4, -0.2) is 31.0 Å². The van der Waals surface area contributed by atoms with E-state index in [1.807, 2.05) is 18.2 Å². The number of unbranched alkanes of at least 4 members (excludes halogenated alkanes) is 1. The summed E-state index contributed by atoms with van der Waals surface area (Å²) in [4.78, 5) is 11.0.